The minimum atomic E-state index is 0.659. The number of hydrogen-bond acceptors (Lipinski definition) is 3. The van der Waals surface area contributed by atoms with Crippen molar-refractivity contribution in [3.05, 3.63) is 52.2 Å². The van der Waals surface area contributed by atoms with Crippen molar-refractivity contribution >= 4 is 11.3 Å². The quantitative estimate of drug-likeness (QED) is 0.799. The van der Waals surface area contributed by atoms with Crippen LogP contribution in [0.3, 0.4) is 0 Å². The lowest BCUT2D eigenvalue weighted by Crippen LogP contribution is -2.21. The predicted octanol–water partition coefficient (Wildman–Crippen LogP) is 3.77. The van der Waals surface area contributed by atoms with Gasteiger partial charge in [0.2, 0.25) is 0 Å². The molecule has 20 heavy (non-hydrogen) atoms. The molecule has 0 aliphatic heterocycles. The summed E-state index contributed by atoms with van der Waals surface area (Å²) < 4.78 is 5.30. The first kappa shape index (κ1) is 15.1. The molecule has 2 rings (SSSR count). The van der Waals surface area contributed by atoms with E-state index >= 15 is 0 Å². The third kappa shape index (κ3) is 4.66. The molecule has 108 valence electrons. The second-order valence-corrected chi connectivity index (χ2v) is 5.93. The molecule has 0 bridgehead atoms. The Morgan fingerprint density at radius 3 is 2.85 bits per heavy atom. The van der Waals surface area contributed by atoms with Crippen LogP contribution in [0.5, 0.6) is 5.75 Å². The fourth-order valence-electron chi connectivity index (χ4n) is 2.50. The highest BCUT2D eigenvalue weighted by Crippen LogP contribution is 2.19. The topological polar surface area (TPSA) is 21.3 Å². The lowest BCUT2D eigenvalue weighted by molar-refractivity contribution is 0.412. The van der Waals surface area contributed by atoms with Crippen molar-refractivity contribution in [1.82, 2.24) is 5.32 Å². The van der Waals surface area contributed by atoms with Crippen LogP contribution in [0.15, 0.2) is 41.1 Å². The zero-order chi connectivity index (χ0) is 14.2. The van der Waals surface area contributed by atoms with E-state index in [1.807, 2.05) is 13.1 Å². The van der Waals surface area contributed by atoms with Gasteiger partial charge in [-0.25, -0.2) is 0 Å². The highest BCUT2D eigenvalue weighted by atomic mass is 32.1. The van der Waals surface area contributed by atoms with Gasteiger partial charge < -0.3 is 10.1 Å². The van der Waals surface area contributed by atoms with Gasteiger partial charge >= 0.3 is 0 Å². The lowest BCUT2D eigenvalue weighted by Gasteiger charge is -2.16. The smallest absolute Gasteiger partial charge is 0.119 e. The van der Waals surface area contributed by atoms with Crippen LogP contribution in [0.2, 0.25) is 0 Å². The van der Waals surface area contributed by atoms with Crippen molar-refractivity contribution < 1.29 is 4.74 Å². The number of nitrogens with one attached hydrogen (secondary N) is 1. The van der Waals surface area contributed by atoms with Gasteiger partial charge in [0.05, 0.1) is 7.11 Å². The molecule has 0 saturated carbocycles. The van der Waals surface area contributed by atoms with Gasteiger partial charge in [0.1, 0.15) is 5.75 Å². The number of rotatable bonds is 8. The predicted molar refractivity (Wildman–Crippen MR) is 86.8 cm³/mol. The Kier molecular flexibility index (Phi) is 6.09. The number of thiophene rings is 1. The Morgan fingerprint density at radius 1 is 1.25 bits per heavy atom. The molecule has 1 aromatic carbocycles. The van der Waals surface area contributed by atoms with Crippen LogP contribution in [0.4, 0.5) is 0 Å². The summed E-state index contributed by atoms with van der Waals surface area (Å²) >= 11 is 1.78. The van der Waals surface area contributed by atoms with E-state index in [2.05, 4.69) is 40.3 Å². The van der Waals surface area contributed by atoms with Gasteiger partial charge in [0.25, 0.3) is 0 Å². The SMILES string of the molecule is CNCC(CCc1ccsc1)Cc1cccc(OC)c1. The van der Waals surface area contributed by atoms with Crippen molar-refractivity contribution in [2.45, 2.75) is 19.3 Å². The molecule has 0 fully saturated rings. The standard InChI is InChI=1S/C17H23NOS/c1-18-12-16(7-6-14-8-9-20-13-14)10-15-4-3-5-17(11-15)19-2/h3-5,8-9,11,13,16,18H,6-7,10,12H2,1-2H3. The van der Waals surface area contributed by atoms with Crippen LogP contribution in [-0.2, 0) is 12.8 Å². The minimum Gasteiger partial charge on any atom is -0.497 e. The van der Waals surface area contributed by atoms with Crippen molar-refractivity contribution in [3.63, 3.8) is 0 Å². The van der Waals surface area contributed by atoms with Crippen molar-refractivity contribution in [2.24, 2.45) is 5.92 Å². The number of hydrogen-bond donors (Lipinski definition) is 1. The van der Waals surface area contributed by atoms with Crippen molar-refractivity contribution in [1.29, 1.82) is 0 Å². The van der Waals surface area contributed by atoms with Gasteiger partial charge in [0.15, 0.2) is 0 Å². The molecular formula is C17H23NOS. The van der Waals surface area contributed by atoms with Crippen LogP contribution in [0.1, 0.15) is 17.5 Å². The summed E-state index contributed by atoms with van der Waals surface area (Å²) in [4.78, 5) is 0. The number of methoxy groups -OCH3 is 1. The molecule has 2 nitrogen and oxygen atoms in total. The van der Waals surface area contributed by atoms with Crippen LogP contribution in [0.25, 0.3) is 0 Å². The fraction of sp³-hybridized carbons (Fsp3) is 0.412. The van der Waals surface area contributed by atoms with E-state index in [0.29, 0.717) is 5.92 Å². The number of ether oxygens (including phenoxy) is 1. The van der Waals surface area contributed by atoms with Gasteiger partial charge in [0, 0.05) is 0 Å². The second-order valence-electron chi connectivity index (χ2n) is 5.15. The first-order chi connectivity index (χ1) is 9.81. The minimum absolute atomic E-state index is 0.659. The van der Waals surface area contributed by atoms with Crippen LogP contribution >= 0.6 is 11.3 Å². The maximum absolute atomic E-state index is 5.30. The molecular weight excluding hydrogens is 266 g/mol. The molecule has 0 aliphatic rings. The van der Waals surface area contributed by atoms with E-state index in [1.54, 1.807) is 18.4 Å². The molecule has 0 spiro atoms. The summed E-state index contributed by atoms with van der Waals surface area (Å²) in [6.45, 7) is 1.06. The average Bonchev–Trinajstić information content (AvgIpc) is 2.98. The molecule has 0 saturated heterocycles. The van der Waals surface area contributed by atoms with E-state index in [9.17, 15) is 0 Å². The maximum atomic E-state index is 5.30. The molecule has 3 heteroatoms. The van der Waals surface area contributed by atoms with E-state index < -0.39 is 0 Å². The highest BCUT2D eigenvalue weighted by Gasteiger charge is 2.10. The summed E-state index contributed by atoms with van der Waals surface area (Å²) in [5.41, 5.74) is 2.82. The van der Waals surface area contributed by atoms with Gasteiger partial charge in [-0.15, -0.1) is 0 Å². The van der Waals surface area contributed by atoms with E-state index in [-0.39, 0.29) is 0 Å². The zero-order valence-electron chi connectivity index (χ0n) is 12.3. The summed E-state index contributed by atoms with van der Waals surface area (Å²) in [5, 5.41) is 7.73. The Morgan fingerprint density at radius 2 is 2.15 bits per heavy atom. The number of aryl methyl sites for hydroxylation is 1. The lowest BCUT2D eigenvalue weighted by atomic mass is 9.93. The molecule has 1 N–H and O–H groups in total. The van der Waals surface area contributed by atoms with Gasteiger partial charge in [-0.1, -0.05) is 12.1 Å². The zero-order valence-corrected chi connectivity index (χ0v) is 13.1. The third-order valence-electron chi connectivity index (χ3n) is 3.57. The number of benzene rings is 1. The molecule has 0 radical (unpaired) electrons. The van der Waals surface area contributed by atoms with E-state index in [0.717, 1.165) is 18.7 Å². The van der Waals surface area contributed by atoms with Crippen LogP contribution in [0, 0.1) is 5.92 Å². The third-order valence-corrected chi connectivity index (χ3v) is 4.30. The highest BCUT2D eigenvalue weighted by molar-refractivity contribution is 7.07. The van der Waals surface area contributed by atoms with Gasteiger partial charge in [-0.05, 0) is 78.9 Å². The molecule has 1 atom stereocenters. The maximum Gasteiger partial charge on any atom is 0.119 e. The second kappa shape index (κ2) is 8.08. The molecule has 1 aromatic heterocycles. The summed E-state index contributed by atoms with van der Waals surface area (Å²) in [6, 6.07) is 10.6. The molecule has 0 amide bonds. The normalized spacial score (nSPS) is 12.3. The first-order valence-electron chi connectivity index (χ1n) is 7.10. The average molecular weight is 289 g/mol. The molecule has 2 aromatic rings. The molecule has 1 unspecified atom stereocenters. The monoisotopic (exact) mass is 289 g/mol. The Bertz CT molecular complexity index is 495. The van der Waals surface area contributed by atoms with Crippen molar-refractivity contribution in [3.8, 4) is 5.75 Å². The van der Waals surface area contributed by atoms with Crippen LogP contribution in [-0.4, -0.2) is 20.7 Å². The van der Waals surface area contributed by atoms with Gasteiger partial charge in [-0.2, -0.15) is 11.3 Å². The van der Waals surface area contributed by atoms with Gasteiger partial charge in [-0.3, -0.25) is 0 Å². The summed E-state index contributed by atoms with van der Waals surface area (Å²) in [6.07, 6.45) is 3.48. The van der Waals surface area contributed by atoms with Crippen molar-refractivity contribution in [2.75, 3.05) is 20.7 Å². The Balaban J connectivity index is 1.93. The largest absolute Gasteiger partial charge is 0.497 e. The molecule has 1 heterocycles. The van der Waals surface area contributed by atoms with E-state index in [4.69, 9.17) is 4.74 Å². The first-order valence-corrected chi connectivity index (χ1v) is 8.04. The Labute approximate surface area is 125 Å². The molecule has 0 aliphatic carbocycles. The van der Waals surface area contributed by atoms with Crippen LogP contribution < -0.4 is 10.1 Å². The van der Waals surface area contributed by atoms with E-state index in [1.165, 1.54) is 24.0 Å². The Hall–Kier alpha value is -1.32. The summed E-state index contributed by atoms with van der Waals surface area (Å²) in [7, 11) is 3.75. The fourth-order valence-corrected chi connectivity index (χ4v) is 3.21. The summed E-state index contributed by atoms with van der Waals surface area (Å²) in [5.74, 6) is 1.61.